The molecule has 0 aromatic rings. The van der Waals surface area contributed by atoms with Crippen molar-refractivity contribution < 1.29 is 79.2 Å². The largest absolute Gasteiger partial charge is 0.394 e. The molecule has 3 heterocycles. The Morgan fingerprint density at radius 3 is 1.77 bits per heavy atom. The molecule has 3 aliphatic rings. The summed E-state index contributed by atoms with van der Waals surface area (Å²) in [6.07, 6.45) is -21.3. The van der Waals surface area contributed by atoms with Crippen LogP contribution >= 0.6 is 0 Å². The molecular weight excluding hydrogens is 548 g/mol. The van der Waals surface area contributed by atoms with Gasteiger partial charge in [-0.1, -0.05) is 0 Å². The van der Waals surface area contributed by atoms with Gasteiger partial charge in [-0.2, -0.15) is 0 Å². The van der Waals surface area contributed by atoms with Crippen LogP contribution < -0.4 is 10.6 Å². The molecule has 11 N–H and O–H groups in total. The summed E-state index contributed by atoms with van der Waals surface area (Å²) in [5.41, 5.74) is 0. The second-order valence-corrected chi connectivity index (χ2v) is 9.85. The van der Waals surface area contributed by atoms with E-state index < -0.39 is 124 Å². The highest BCUT2D eigenvalue weighted by molar-refractivity contribution is 5.74. The molecule has 232 valence electrons. The maximum absolute atomic E-state index is 11.9. The minimum absolute atomic E-state index is 0.565. The molecular formula is C22H38N2O16. The lowest BCUT2D eigenvalue weighted by molar-refractivity contribution is -0.358. The Balaban J connectivity index is 1.83. The summed E-state index contributed by atoms with van der Waals surface area (Å²) in [5.74, 6) is -1.20. The molecule has 0 saturated carbocycles. The van der Waals surface area contributed by atoms with E-state index in [0.717, 1.165) is 6.92 Å². The van der Waals surface area contributed by atoms with Gasteiger partial charge in [0.15, 0.2) is 18.9 Å². The topological polar surface area (TPSA) is 286 Å². The van der Waals surface area contributed by atoms with Crippen LogP contribution in [0.2, 0.25) is 0 Å². The van der Waals surface area contributed by atoms with Crippen molar-refractivity contribution in [1.29, 1.82) is 0 Å². The summed E-state index contributed by atoms with van der Waals surface area (Å²) < 4.78 is 27.6. The lowest BCUT2D eigenvalue weighted by atomic mass is 9.93. The molecule has 0 spiro atoms. The number of nitrogens with one attached hydrogen (secondary N) is 2. The first-order chi connectivity index (χ1) is 18.8. The summed E-state index contributed by atoms with van der Waals surface area (Å²) in [6, 6.07) is -2.56. The molecule has 18 heteroatoms. The molecule has 0 radical (unpaired) electrons. The Morgan fingerprint density at radius 2 is 1.20 bits per heavy atom. The highest BCUT2D eigenvalue weighted by Crippen LogP contribution is 2.30. The minimum atomic E-state index is -1.87. The molecule has 2 amide bonds. The Morgan fingerprint density at radius 1 is 0.650 bits per heavy atom. The lowest BCUT2D eigenvalue weighted by Crippen LogP contribution is -2.70. The number of carbonyl (C=O) groups is 2. The first-order valence-electron chi connectivity index (χ1n) is 12.6. The normalized spacial score (nSPS) is 46.0. The second-order valence-electron chi connectivity index (χ2n) is 9.85. The number of amides is 2. The van der Waals surface area contributed by atoms with E-state index >= 15 is 0 Å². The molecule has 3 aliphatic heterocycles. The van der Waals surface area contributed by atoms with Crippen molar-refractivity contribution in [2.45, 2.75) is 106 Å². The molecule has 0 aliphatic carbocycles. The van der Waals surface area contributed by atoms with Crippen LogP contribution in [-0.4, -0.2) is 170 Å². The van der Waals surface area contributed by atoms with Gasteiger partial charge >= 0.3 is 0 Å². The first kappa shape index (κ1) is 32.9. The van der Waals surface area contributed by atoms with Crippen molar-refractivity contribution in [3.63, 3.8) is 0 Å². The Hall–Kier alpha value is -1.62. The van der Waals surface area contributed by atoms with Crippen LogP contribution in [-0.2, 0) is 33.3 Å². The molecule has 0 aromatic carbocycles. The zero-order valence-corrected chi connectivity index (χ0v) is 21.7. The molecule has 0 unspecified atom stereocenters. The monoisotopic (exact) mass is 586 g/mol. The van der Waals surface area contributed by atoms with Crippen LogP contribution in [0.1, 0.15) is 13.8 Å². The van der Waals surface area contributed by atoms with E-state index in [1.807, 2.05) is 0 Å². The maximum Gasteiger partial charge on any atom is 0.217 e. The Kier molecular flexibility index (Phi) is 11.5. The summed E-state index contributed by atoms with van der Waals surface area (Å²) in [7, 11) is 0. The van der Waals surface area contributed by atoms with E-state index in [1.54, 1.807) is 0 Å². The zero-order valence-electron chi connectivity index (χ0n) is 21.7. The number of hydrogen-bond donors (Lipinski definition) is 11. The smallest absolute Gasteiger partial charge is 0.217 e. The van der Waals surface area contributed by atoms with Crippen LogP contribution in [0.3, 0.4) is 0 Å². The van der Waals surface area contributed by atoms with Crippen molar-refractivity contribution in [2.24, 2.45) is 0 Å². The van der Waals surface area contributed by atoms with E-state index in [0.29, 0.717) is 0 Å². The highest BCUT2D eigenvalue weighted by atomic mass is 16.8. The molecule has 18 nitrogen and oxygen atoms in total. The summed E-state index contributed by atoms with van der Waals surface area (Å²) in [4.78, 5) is 23.5. The first-order valence-corrected chi connectivity index (χ1v) is 12.6. The fraction of sp³-hybridized carbons (Fsp3) is 0.909. The molecule has 0 aromatic heterocycles. The van der Waals surface area contributed by atoms with Gasteiger partial charge < -0.3 is 80.3 Å². The van der Waals surface area contributed by atoms with Gasteiger partial charge in [0.05, 0.1) is 25.9 Å². The number of hydrogen-bond acceptors (Lipinski definition) is 16. The van der Waals surface area contributed by atoms with Gasteiger partial charge in [0.1, 0.15) is 67.1 Å². The molecule has 15 atom stereocenters. The fourth-order valence-electron chi connectivity index (χ4n) is 4.77. The van der Waals surface area contributed by atoms with Gasteiger partial charge in [-0.05, 0) is 0 Å². The standard InChI is InChI=1S/C22H38N2O16/c1-6(27)23-11-8(3-25)38-21(12(15(11)31)24-7(2)28)40-19-17(33)13(29)9(4-26)39-22(19)36-5-10-14(30)16(32)18(34)20(35)37-10/h8-22,25-26,29-35H,3-5H2,1-2H3,(H,23,27)(H,24,28)/t8-,9-,10-,11-,12-,13-,14-,15+,16+,17+,18-,19+,20-,21+,22+/m1/s1. The second kappa shape index (κ2) is 14.0. The van der Waals surface area contributed by atoms with Gasteiger partial charge in [0.2, 0.25) is 11.8 Å². The van der Waals surface area contributed by atoms with Crippen molar-refractivity contribution in [3.05, 3.63) is 0 Å². The van der Waals surface area contributed by atoms with Crippen molar-refractivity contribution in [3.8, 4) is 0 Å². The van der Waals surface area contributed by atoms with E-state index in [2.05, 4.69) is 10.6 Å². The Bertz CT molecular complexity index is 854. The van der Waals surface area contributed by atoms with E-state index in [9.17, 15) is 55.5 Å². The molecule has 3 saturated heterocycles. The number of rotatable bonds is 9. The SMILES string of the molecule is CC(=O)N[C@H]1[C@H](O[C@@H]2[C@@H](OC[C@H]3O[C@@H](O)[C@H](O)[C@@H](O)[C@@H]3O)O[C@H](CO)[C@@H](O)[C@@H]2O)O[C@H](CO)[C@@H](NC(C)=O)[C@@H]1O. The molecule has 0 bridgehead atoms. The third-order valence-electron chi connectivity index (χ3n) is 6.89. The predicted molar refractivity (Wildman–Crippen MR) is 124 cm³/mol. The van der Waals surface area contributed by atoms with E-state index in [4.69, 9.17) is 23.7 Å². The predicted octanol–water partition coefficient (Wildman–Crippen LogP) is -7.29. The van der Waals surface area contributed by atoms with Gasteiger partial charge in [-0.25, -0.2) is 0 Å². The fourth-order valence-corrected chi connectivity index (χ4v) is 4.77. The summed E-state index contributed by atoms with van der Waals surface area (Å²) in [5, 5.41) is 96.0. The molecule has 40 heavy (non-hydrogen) atoms. The number of carbonyl (C=O) groups excluding carboxylic acids is 2. The van der Waals surface area contributed by atoms with Crippen LogP contribution in [0.15, 0.2) is 0 Å². The average molecular weight is 587 g/mol. The zero-order chi connectivity index (χ0) is 29.9. The quantitative estimate of drug-likeness (QED) is 0.120. The van der Waals surface area contributed by atoms with Gasteiger partial charge in [-0.3, -0.25) is 9.59 Å². The highest BCUT2D eigenvalue weighted by Gasteiger charge is 2.52. The number of aliphatic hydroxyl groups excluding tert-OH is 9. The van der Waals surface area contributed by atoms with Crippen molar-refractivity contribution in [1.82, 2.24) is 10.6 Å². The minimum Gasteiger partial charge on any atom is -0.394 e. The van der Waals surface area contributed by atoms with Crippen LogP contribution in [0, 0.1) is 0 Å². The maximum atomic E-state index is 11.9. The Labute approximate surface area is 228 Å². The lowest BCUT2D eigenvalue weighted by Gasteiger charge is -2.48. The summed E-state index contributed by atoms with van der Waals surface area (Å²) >= 11 is 0. The van der Waals surface area contributed by atoms with Crippen LogP contribution in [0.4, 0.5) is 0 Å². The van der Waals surface area contributed by atoms with E-state index in [1.165, 1.54) is 6.92 Å². The van der Waals surface area contributed by atoms with Gasteiger partial charge in [0, 0.05) is 13.8 Å². The third-order valence-corrected chi connectivity index (χ3v) is 6.89. The summed E-state index contributed by atoms with van der Waals surface area (Å²) in [6.45, 7) is 0.195. The number of aliphatic hydroxyl groups is 9. The van der Waals surface area contributed by atoms with Gasteiger partial charge in [0.25, 0.3) is 0 Å². The van der Waals surface area contributed by atoms with Gasteiger partial charge in [-0.15, -0.1) is 0 Å². The van der Waals surface area contributed by atoms with Crippen molar-refractivity contribution in [2.75, 3.05) is 19.8 Å². The average Bonchev–Trinajstić information content (AvgIpc) is 2.90. The molecule has 3 fully saturated rings. The third kappa shape index (κ3) is 7.23. The van der Waals surface area contributed by atoms with Crippen LogP contribution in [0.25, 0.3) is 0 Å². The van der Waals surface area contributed by atoms with E-state index in [-0.39, 0.29) is 0 Å². The van der Waals surface area contributed by atoms with Crippen molar-refractivity contribution >= 4 is 11.8 Å². The molecule has 3 rings (SSSR count). The van der Waals surface area contributed by atoms with Crippen LogP contribution in [0.5, 0.6) is 0 Å². The number of ether oxygens (including phenoxy) is 5.